The molecule has 0 saturated carbocycles. The van der Waals surface area contributed by atoms with Crippen LogP contribution in [-0.2, 0) is 6.42 Å². The van der Waals surface area contributed by atoms with Crippen LogP contribution in [0.4, 0.5) is 0 Å². The summed E-state index contributed by atoms with van der Waals surface area (Å²) in [6, 6.07) is 3.34. The van der Waals surface area contributed by atoms with Crippen molar-refractivity contribution in [3.63, 3.8) is 0 Å². The van der Waals surface area contributed by atoms with Gasteiger partial charge in [-0.15, -0.1) is 0 Å². The number of aryl methyl sites for hydroxylation is 1. The highest BCUT2D eigenvalue weighted by atomic mass is 35.5. The van der Waals surface area contributed by atoms with E-state index in [-0.39, 0.29) is 0 Å². The van der Waals surface area contributed by atoms with Crippen LogP contribution in [0.1, 0.15) is 29.3 Å². The summed E-state index contributed by atoms with van der Waals surface area (Å²) in [6.07, 6.45) is 1.77. The number of methoxy groups -OCH3 is 2. The average molecular weight is 243 g/mol. The van der Waals surface area contributed by atoms with Gasteiger partial charge >= 0.3 is 0 Å². The molecule has 0 aliphatic carbocycles. The van der Waals surface area contributed by atoms with Crippen molar-refractivity contribution in [1.29, 1.82) is 0 Å². The van der Waals surface area contributed by atoms with E-state index in [1.165, 1.54) is 7.11 Å². The van der Waals surface area contributed by atoms with Crippen molar-refractivity contribution in [2.24, 2.45) is 0 Å². The molecule has 0 radical (unpaired) electrons. The van der Waals surface area contributed by atoms with Crippen LogP contribution in [-0.4, -0.2) is 19.5 Å². The largest absolute Gasteiger partial charge is 0.493 e. The maximum Gasteiger partial charge on any atom is 0.252 e. The monoisotopic (exact) mass is 242 g/mol. The van der Waals surface area contributed by atoms with Crippen molar-refractivity contribution in [1.82, 2.24) is 0 Å². The van der Waals surface area contributed by atoms with E-state index >= 15 is 0 Å². The van der Waals surface area contributed by atoms with Crippen molar-refractivity contribution < 1.29 is 14.3 Å². The molecule has 0 amide bonds. The molecule has 0 aromatic heterocycles. The Morgan fingerprint density at radius 3 is 2.44 bits per heavy atom. The number of carbonyl (C=O) groups excluding carboxylic acids is 1. The fraction of sp³-hybridized carbons (Fsp3) is 0.417. The number of benzene rings is 1. The van der Waals surface area contributed by atoms with Crippen molar-refractivity contribution >= 4 is 16.8 Å². The van der Waals surface area contributed by atoms with Crippen molar-refractivity contribution in [3.05, 3.63) is 23.3 Å². The third-order valence-corrected chi connectivity index (χ3v) is 2.52. The van der Waals surface area contributed by atoms with Gasteiger partial charge in [-0.3, -0.25) is 4.79 Å². The molecule has 0 spiro atoms. The normalized spacial score (nSPS) is 10.0. The lowest BCUT2D eigenvalue weighted by atomic mass is 10.0. The van der Waals surface area contributed by atoms with Crippen LogP contribution in [0.5, 0.6) is 11.5 Å². The summed E-state index contributed by atoms with van der Waals surface area (Å²) in [7, 11) is 3.12. The highest BCUT2D eigenvalue weighted by molar-refractivity contribution is 6.67. The van der Waals surface area contributed by atoms with Crippen LogP contribution >= 0.6 is 11.6 Å². The summed E-state index contributed by atoms with van der Waals surface area (Å²) in [5.74, 6) is 1.21. The predicted molar refractivity (Wildman–Crippen MR) is 63.7 cm³/mol. The first kappa shape index (κ1) is 12.8. The quantitative estimate of drug-likeness (QED) is 0.745. The van der Waals surface area contributed by atoms with Crippen LogP contribution in [0.25, 0.3) is 0 Å². The fourth-order valence-corrected chi connectivity index (χ4v) is 1.72. The Balaban J connectivity index is 3.31. The van der Waals surface area contributed by atoms with Crippen LogP contribution in [0, 0.1) is 0 Å². The van der Waals surface area contributed by atoms with Crippen LogP contribution in [0.15, 0.2) is 12.1 Å². The van der Waals surface area contributed by atoms with Crippen LogP contribution in [0.3, 0.4) is 0 Å². The lowest BCUT2D eigenvalue weighted by Crippen LogP contribution is -2.00. The summed E-state index contributed by atoms with van der Waals surface area (Å²) in [5.41, 5.74) is 1.37. The SMILES string of the molecule is CCCc1cc(C(=O)Cl)cc(OC)c1OC. The minimum absolute atomic E-state index is 0.433. The standard InChI is InChI=1S/C12H15ClO3/c1-4-5-8-6-9(12(13)14)7-10(15-2)11(8)16-3/h6-7H,4-5H2,1-3H3. The average Bonchev–Trinajstić information content (AvgIpc) is 2.28. The molecule has 0 fully saturated rings. The second-order valence-electron chi connectivity index (χ2n) is 3.39. The van der Waals surface area contributed by atoms with E-state index in [9.17, 15) is 4.79 Å². The minimum Gasteiger partial charge on any atom is -0.493 e. The Morgan fingerprint density at radius 1 is 1.31 bits per heavy atom. The highest BCUT2D eigenvalue weighted by Crippen LogP contribution is 2.33. The van der Waals surface area contributed by atoms with Crippen molar-refractivity contribution in [2.75, 3.05) is 14.2 Å². The number of hydrogen-bond donors (Lipinski definition) is 0. The second kappa shape index (κ2) is 5.75. The zero-order valence-corrected chi connectivity index (χ0v) is 10.4. The van der Waals surface area contributed by atoms with Crippen LogP contribution in [0.2, 0.25) is 0 Å². The Bertz CT molecular complexity index is 388. The molecule has 1 aromatic rings. The smallest absolute Gasteiger partial charge is 0.252 e. The van der Waals surface area contributed by atoms with E-state index in [1.807, 2.05) is 0 Å². The molecular weight excluding hydrogens is 228 g/mol. The van der Waals surface area contributed by atoms with E-state index < -0.39 is 5.24 Å². The lowest BCUT2D eigenvalue weighted by Gasteiger charge is -2.13. The molecule has 3 nitrogen and oxygen atoms in total. The van der Waals surface area contributed by atoms with Gasteiger partial charge < -0.3 is 9.47 Å². The molecule has 88 valence electrons. The van der Waals surface area contributed by atoms with Gasteiger partial charge in [-0.25, -0.2) is 0 Å². The van der Waals surface area contributed by atoms with Gasteiger partial charge in [-0.05, 0) is 35.7 Å². The van der Waals surface area contributed by atoms with Gasteiger partial charge in [0.1, 0.15) is 0 Å². The highest BCUT2D eigenvalue weighted by Gasteiger charge is 2.14. The van der Waals surface area contributed by atoms with E-state index in [0.29, 0.717) is 17.1 Å². The molecule has 0 unspecified atom stereocenters. The van der Waals surface area contributed by atoms with Gasteiger partial charge in [0.15, 0.2) is 11.5 Å². The fourth-order valence-electron chi connectivity index (χ4n) is 1.61. The number of halogens is 1. The van der Waals surface area contributed by atoms with Crippen LogP contribution < -0.4 is 9.47 Å². The van der Waals surface area contributed by atoms with Gasteiger partial charge in [0.25, 0.3) is 5.24 Å². The van der Waals surface area contributed by atoms with Gasteiger partial charge in [-0.2, -0.15) is 0 Å². The number of carbonyl (C=O) groups is 1. The van der Waals surface area contributed by atoms with Crippen molar-refractivity contribution in [2.45, 2.75) is 19.8 Å². The summed E-state index contributed by atoms with van der Waals surface area (Å²) in [5, 5.41) is -0.488. The molecule has 1 rings (SSSR count). The molecule has 0 heterocycles. The third-order valence-electron chi connectivity index (χ3n) is 2.30. The summed E-state index contributed by atoms with van der Waals surface area (Å²) in [4.78, 5) is 11.1. The Kier molecular flexibility index (Phi) is 4.62. The maximum atomic E-state index is 11.1. The second-order valence-corrected chi connectivity index (χ2v) is 3.74. The predicted octanol–water partition coefficient (Wildman–Crippen LogP) is 3.04. The molecule has 1 aromatic carbocycles. The zero-order chi connectivity index (χ0) is 12.1. The van der Waals surface area contributed by atoms with E-state index in [4.69, 9.17) is 21.1 Å². The van der Waals surface area contributed by atoms with Crippen molar-refractivity contribution in [3.8, 4) is 11.5 Å². The maximum absolute atomic E-state index is 11.1. The molecule has 0 N–H and O–H groups in total. The molecular formula is C12H15ClO3. The summed E-state index contributed by atoms with van der Waals surface area (Å²) < 4.78 is 10.5. The van der Waals surface area contributed by atoms with E-state index in [1.54, 1.807) is 19.2 Å². The van der Waals surface area contributed by atoms with Gasteiger partial charge in [0.2, 0.25) is 0 Å². The van der Waals surface area contributed by atoms with Gasteiger partial charge in [0, 0.05) is 5.56 Å². The van der Waals surface area contributed by atoms with E-state index in [2.05, 4.69) is 6.92 Å². The Hall–Kier alpha value is -1.22. The topological polar surface area (TPSA) is 35.5 Å². The minimum atomic E-state index is -0.488. The Morgan fingerprint density at radius 2 is 2.00 bits per heavy atom. The van der Waals surface area contributed by atoms with Gasteiger partial charge in [-0.1, -0.05) is 13.3 Å². The van der Waals surface area contributed by atoms with Gasteiger partial charge in [0.05, 0.1) is 14.2 Å². The molecule has 0 aliphatic heterocycles. The molecule has 0 atom stereocenters. The third kappa shape index (κ3) is 2.67. The number of hydrogen-bond acceptors (Lipinski definition) is 3. The first-order chi connectivity index (χ1) is 7.63. The number of rotatable bonds is 5. The lowest BCUT2D eigenvalue weighted by molar-refractivity contribution is 0.108. The Labute approximate surface area is 100 Å². The summed E-state index contributed by atoms with van der Waals surface area (Å²) >= 11 is 5.46. The van der Waals surface area contributed by atoms with E-state index in [0.717, 1.165) is 18.4 Å². The number of ether oxygens (including phenoxy) is 2. The molecule has 16 heavy (non-hydrogen) atoms. The molecule has 0 bridgehead atoms. The first-order valence-corrected chi connectivity index (χ1v) is 5.46. The molecule has 0 saturated heterocycles. The summed E-state index contributed by atoms with van der Waals surface area (Å²) in [6.45, 7) is 2.06. The zero-order valence-electron chi connectivity index (χ0n) is 9.67. The first-order valence-electron chi connectivity index (χ1n) is 5.08. The molecule has 0 aliphatic rings. The molecule has 4 heteroatoms.